The summed E-state index contributed by atoms with van der Waals surface area (Å²) in [7, 11) is 0. The van der Waals surface area contributed by atoms with Gasteiger partial charge < -0.3 is 23.7 Å². The smallest absolute Gasteiger partial charge is 0.184 e. The van der Waals surface area contributed by atoms with Crippen LogP contribution in [0, 0.1) is 0 Å². The predicted octanol–water partition coefficient (Wildman–Crippen LogP) is 5.61. The van der Waals surface area contributed by atoms with Gasteiger partial charge in [-0.25, -0.2) is 0 Å². The normalized spacial score (nSPS) is 30.1. The molecule has 6 atom stereocenters. The van der Waals surface area contributed by atoms with E-state index >= 15 is 0 Å². The first-order valence-corrected chi connectivity index (χ1v) is 12.1. The van der Waals surface area contributed by atoms with E-state index in [-0.39, 0.29) is 30.5 Å². The monoisotopic (exact) mass is 440 g/mol. The molecule has 0 spiro atoms. The molecule has 4 rings (SSSR count). The fourth-order valence-electron chi connectivity index (χ4n) is 4.37. The van der Waals surface area contributed by atoms with Gasteiger partial charge in [0.1, 0.15) is 30.5 Å². The van der Waals surface area contributed by atoms with E-state index in [0.29, 0.717) is 19.8 Å². The van der Waals surface area contributed by atoms with E-state index in [1.807, 2.05) is 48.5 Å². The lowest BCUT2D eigenvalue weighted by Crippen LogP contribution is -2.60. The van der Waals surface area contributed by atoms with Crippen LogP contribution in [0.5, 0.6) is 0 Å². The van der Waals surface area contributed by atoms with Crippen molar-refractivity contribution in [2.45, 2.75) is 76.3 Å². The summed E-state index contributed by atoms with van der Waals surface area (Å²) in [6, 6.07) is 20.4. The van der Waals surface area contributed by atoms with Crippen LogP contribution in [0.15, 0.2) is 60.7 Å². The number of rotatable bonds is 10. The van der Waals surface area contributed by atoms with Gasteiger partial charge in [0.25, 0.3) is 0 Å². The zero-order chi connectivity index (χ0) is 22.2. The van der Waals surface area contributed by atoms with E-state index in [1.54, 1.807) is 0 Å². The third-order valence-corrected chi connectivity index (χ3v) is 6.14. The second-order valence-electron chi connectivity index (χ2n) is 8.56. The number of unbranched alkanes of at least 4 members (excludes halogenated alkanes) is 2. The molecule has 5 heteroatoms. The molecule has 32 heavy (non-hydrogen) atoms. The van der Waals surface area contributed by atoms with E-state index in [0.717, 1.165) is 36.8 Å². The highest BCUT2D eigenvalue weighted by Crippen LogP contribution is 2.41. The summed E-state index contributed by atoms with van der Waals surface area (Å²) in [5, 5.41) is 0. The van der Waals surface area contributed by atoms with Crippen molar-refractivity contribution in [1.29, 1.82) is 0 Å². The Morgan fingerprint density at radius 1 is 0.750 bits per heavy atom. The van der Waals surface area contributed by atoms with Crippen molar-refractivity contribution in [3.63, 3.8) is 0 Å². The molecule has 0 aliphatic carbocycles. The van der Waals surface area contributed by atoms with Gasteiger partial charge in [-0.3, -0.25) is 0 Å². The first-order chi connectivity index (χ1) is 15.8. The van der Waals surface area contributed by atoms with E-state index in [9.17, 15) is 0 Å². The highest BCUT2D eigenvalue weighted by atomic mass is 16.7. The molecule has 174 valence electrons. The van der Waals surface area contributed by atoms with Crippen molar-refractivity contribution in [2.24, 2.45) is 0 Å². The molecule has 2 aromatic carbocycles. The van der Waals surface area contributed by atoms with Crippen molar-refractivity contribution in [3.05, 3.63) is 71.8 Å². The summed E-state index contributed by atoms with van der Waals surface area (Å²) in [4.78, 5) is 0. The average molecular weight is 441 g/mol. The van der Waals surface area contributed by atoms with E-state index in [4.69, 9.17) is 23.7 Å². The molecule has 2 fully saturated rings. The zero-order valence-corrected chi connectivity index (χ0v) is 19.2. The largest absolute Gasteiger partial charge is 0.373 e. The quantitative estimate of drug-likeness (QED) is 0.449. The van der Waals surface area contributed by atoms with Crippen molar-refractivity contribution in [2.75, 3.05) is 19.8 Å². The van der Waals surface area contributed by atoms with Gasteiger partial charge in [0.2, 0.25) is 0 Å². The summed E-state index contributed by atoms with van der Waals surface area (Å²) in [5.74, 6) is 0. The Bertz CT molecular complexity index is 783. The Kier molecular flexibility index (Phi) is 8.71. The van der Waals surface area contributed by atoms with Gasteiger partial charge >= 0.3 is 0 Å². The molecular weight excluding hydrogens is 404 g/mol. The summed E-state index contributed by atoms with van der Waals surface area (Å²) in [6.07, 6.45) is 2.60. The van der Waals surface area contributed by atoms with Crippen molar-refractivity contribution in [3.8, 4) is 0 Å². The maximum Gasteiger partial charge on any atom is 0.184 e. The molecule has 0 saturated carbocycles. The Labute approximate surface area is 192 Å². The molecule has 5 nitrogen and oxygen atoms in total. The fourth-order valence-corrected chi connectivity index (χ4v) is 4.37. The molecule has 0 radical (unpaired) electrons. The maximum atomic E-state index is 6.59. The predicted molar refractivity (Wildman–Crippen MR) is 123 cm³/mol. The van der Waals surface area contributed by atoms with Gasteiger partial charge in [-0.2, -0.15) is 0 Å². The molecule has 0 bridgehead atoms. The molecule has 0 amide bonds. The second kappa shape index (κ2) is 11.9. The van der Waals surface area contributed by atoms with Crippen LogP contribution < -0.4 is 0 Å². The molecule has 0 unspecified atom stereocenters. The van der Waals surface area contributed by atoms with Gasteiger partial charge in [0.05, 0.1) is 6.61 Å². The van der Waals surface area contributed by atoms with Gasteiger partial charge in [-0.15, -0.1) is 0 Å². The van der Waals surface area contributed by atoms with Gasteiger partial charge in [0.15, 0.2) is 6.29 Å². The van der Waals surface area contributed by atoms with Crippen LogP contribution in [0.1, 0.15) is 63.1 Å². The third kappa shape index (κ3) is 5.59. The minimum absolute atomic E-state index is 0.210. The number of benzene rings is 2. The highest BCUT2D eigenvalue weighted by molar-refractivity contribution is 5.21. The Morgan fingerprint density at radius 3 is 1.97 bits per heavy atom. The van der Waals surface area contributed by atoms with Crippen LogP contribution >= 0.6 is 0 Å². The maximum absolute atomic E-state index is 6.59. The van der Waals surface area contributed by atoms with Gasteiger partial charge in [-0.1, -0.05) is 87.4 Å². The molecule has 2 saturated heterocycles. The van der Waals surface area contributed by atoms with Gasteiger partial charge in [-0.05, 0) is 18.4 Å². The molecule has 2 heterocycles. The minimum Gasteiger partial charge on any atom is -0.373 e. The Morgan fingerprint density at radius 2 is 1.34 bits per heavy atom. The lowest BCUT2D eigenvalue weighted by atomic mass is 9.90. The summed E-state index contributed by atoms with van der Waals surface area (Å²) in [6.45, 7) is 6.17. The van der Waals surface area contributed by atoms with Crippen LogP contribution in [0.2, 0.25) is 0 Å². The first-order valence-electron chi connectivity index (χ1n) is 12.1. The number of fused-ring (bicyclic) bond motifs is 1. The molecule has 2 aromatic rings. The lowest BCUT2D eigenvalue weighted by Gasteiger charge is -2.49. The van der Waals surface area contributed by atoms with Crippen LogP contribution in [-0.2, 0) is 23.7 Å². The Hall–Kier alpha value is -1.76. The lowest BCUT2D eigenvalue weighted by molar-refractivity contribution is -0.339. The van der Waals surface area contributed by atoms with E-state index < -0.39 is 6.29 Å². The SMILES string of the molecule is CCCCO[C@@H]1[C@@H](OCCCC)[C@H](c2ccccc2)O[C@@H]2CO[C@@H](c3ccccc3)O[C@@H]12. The molecular formula is C27H36O5. The van der Waals surface area contributed by atoms with Crippen molar-refractivity contribution >= 4 is 0 Å². The molecule has 2 aliphatic heterocycles. The number of hydrogen-bond acceptors (Lipinski definition) is 5. The van der Waals surface area contributed by atoms with Crippen LogP contribution in [0.4, 0.5) is 0 Å². The summed E-state index contributed by atoms with van der Waals surface area (Å²) < 4.78 is 32.1. The summed E-state index contributed by atoms with van der Waals surface area (Å²) >= 11 is 0. The van der Waals surface area contributed by atoms with Crippen LogP contribution in [-0.4, -0.2) is 44.2 Å². The standard InChI is InChI=1S/C27H36O5/c1-3-5-17-28-25-23(20-13-9-7-10-14-20)31-22-19-30-27(21-15-11-8-12-16-21)32-24(22)26(25)29-18-6-4-2/h7-16,22-27H,3-6,17-19H2,1-2H3/t22-,23+,24-,25+,26+,27-/m1/s1. The van der Waals surface area contributed by atoms with Crippen molar-refractivity contribution in [1.82, 2.24) is 0 Å². The second-order valence-corrected chi connectivity index (χ2v) is 8.56. The van der Waals surface area contributed by atoms with Gasteiger partial charge in [0, 0.05) is 18.8 Å². The van der Waals surface area contributed by atoms with Crippen LogP contribution in [0.3, 0.4) is 0 Å². The fraction of sp³-hybridized carbons (Fsp3) is 0.556. The molecule has 0 aromatic heterocycles. The Balaban J connectivity index is 1.60. The first kappa shape index (κ1) is 23.4. The van der Waals surface area contributed by atoms with E-state index in [2.05, 4.69) is 26.0 Å². The minimum atomic E-state index is -0.428. The number of hydrogen-bond donors (Lipinski definition) is 0. The van der Waals surface area contributed by atoms with Crippen LogP contribution in [0.25, 0.3) is 0 Å². The molecule has 2 aliphatic rings. The number of ether oxygens (including phenoxy) is 5. The average Bonchev–Trinajstić information content (AvgIpc) is 2.85. The van der Waals surface area contributed by atoms with Crippen molar-refractivity contribution < 1.29 is 23.7 Å². The third-order valence-electron chi connectivity index (χ3n) is 6.14. The summed E-state index contributed by atoms with van der Waals surface area (Å²) in [5.41, 5.74) is 2.11. The van der Waals surface area contributed by atoms with E-state index in [1.165, 1.54) is 0 Å². The molecule has 0 N–H and O–H groups in total. The topological polar surface area (TPSA) is 46.2 Å². The zero-order valence-electron chi connectivity index (χ0n) is 19.2. The highest BCUT2D eigenvalue weighted by Gasteiger charge is 2.51.